The van der Waals surface area contributed by atoms with E-state index in [9.17, 15) is 5.11 Å². The molecule has 2 aromatic heterocycles. The molecule has 1 saturated heterocycles. The Hall–Kier alpha value is -3.23. The normalized spacial score (nSPS) is 15.7. The Labute approximate surface area is 202 Å². The van der Waals surface area contributed by atoms with Crippen LogP contribution in [0.1, 0.15) is 18.4 Å². The summed E-state index contributed by atoms with van der Waals surface area (Å²) in [7, 11) is 0. The number of nitrogens with one attached hydrogen (secondary N) is 1. The van der Waals surface area contributed by atoms with Crippen molar-refractivity contribution in [1.82, 2.24) is 19.9 Å². The summed E-state index contributed by atoms with van der Waals surface area (Å²) in [5.74, 6) is 0. The van der Waals surface area contributed by atoms with E-state index in [0.717, 1.165) is 75.1 Å². The lowest BCUT2D eigenvalue weighted by atomic mass is 9.84. The highest BCUT2D eigenvalue weighted by atomic mass is 32.2. The molecule has 0 amide bonds. The van der Waals surface area contributed by atoms with Crippen molar-refractivity contribution in [2.75, 3.05) is 13.1 Å². The molecule has 0 radical (unpaired) electrons. The molecule has 1 aliphatic heterocycles. The van der Waals surface area contributed by atoms with Crippen LogP contribution in [-0.4, -0.2) is 32.8 Å². The van der Waals surface area contributed by atoms with Crippen LogP contribution in [0.15, 0.2) is 84.1 Å². The van der Waals surface area contributed by atoms with Crippen LogP contribution >= 0.6 is 11.9 Å². The average Bonchev–Trinajstić information content (AvgIpc) is 3.31. The van der Waals surface area contributed by atoms with Gasteiger partial charge in [-0.3, -0.25) is 5.14 Å². The lowest BCUT2D eigenvalue weighted by Gasteiger charge is -2.33. The molecule has 3 aromatic carbocycles. The summed E-state index contributed by atoms with van der Waals surface area (Å²) in [6.07, 6.45) is 7.23. The van der Waals surface area contributed by atoms with Crippen molar-refractivity contribution < 1.29 is 5.11 Å². The Morgan fingerprint density at radius 1 is 0.882 bits per heavy atom. The molecule has 6 nitrogen and oxygen atoms in total. The van der Waals surface area contributed by atoms with Crippen molar-refractivity contribution in [3.8, 4) is 22.3 Å². The quantitative estimate of drug-likeness (QED) is 0.331. The fraction of sp³-hybridized carbons (Fsp3) is 0.185. The van der Waals surface area contributed by atoms with Gasteiger partial charge >= 0.3 is 0 Å². The zero-order chi connectivity index (χ0) is 23.1. The van der Waals surface area contributed by atoms with Crippen LogP contribution in [0.2, 0.25) is 0 Å². The zero-order valence-corrected chi connectivity index (χ0v) is 19.4. The number of hydrogen-bond acceptors (Lipinski definition) is 6. The van der Waals surface area contributed by atoms with Crippen molar-refractivity contribution in [2.24, 2.45) is 5.14 Å². The first-order chi connectivity index (χ1) is 16.7. The highest BCUT2D eigenvalue weighted by Gasteiger charge is 2.30. The van der Waals surface area contributed by atoms with Gasteiger partial charge in [-0.05, 0) is 71.4 Å². The van der Waals surface area contributed by atoms with Crippen LogP contribution in [0.4, 0.5) is 0 Å². The topological polar surface area (TPSA) is 88.5 Å². The predicted octanol–water partition coefficient (Wildman–Crippen LogP) is 4.75. The summed E-state index contributed by atoms with van der Waals surface area (Å²) in [6.45, 7) is 1.67. The molecule has 0 spiro atoms. The van der Waals surface area contributed by atoms with Crippen molar-refractivity contribution in [3.63, 3.8) is 0 Å². The molecular weight excluding hydrogens is 442 g/mol. The summed E-state index contributed by atoms with van der Waals surface area (Å²) in [5, 5.41) is 27.0. The smallest absolute Gasteiger partial charge is 0.162 e. The first kappa shape index (κ1) is 21.3. The number of aliphatic hydroxyl groups is 1. The maximum Gasteiger partial charge on any atom is 0.162 e. The third kappa shape index (κ3) is 3.58. The largest absolute Gasteiger partial charge is 0.385 e. The number of piperidine rings is 1. The van der Waals surface area contributed by atoms with Gasteiger partial charge in [0.15, 0.2) is 5.65 Å². The van der Waals surface area contributed by atoms with Gasteiger partial charge in [-0.1, -0.05) is 54.6 Å². The first-order valence-electron chi connectivity index (χ1n) is 11.4. The summed E-state index contributed by atoms with van der Waals surface area (Å²) < 4.78 is 1.83. The molecule has 0 saturated carbocycles. The Balaban J connectivity index is 1.37. The lowest BCUT2D eigenvalue weighted by molar-refractivity contribution is 0.00595. The van der Waals surface area contributed by atoms with Crippen LogP contribution in [0.5, 0.6) is 0 Å². The van der Waals surface area contributed by atoms with E-state index in [0.29, 0.717) is 0 Å². The van der Waals surface area contributed by atoms with Gasteiger partial charge in [0.25, 0.3) is 0 Å². The van der Waals surface area contributed by atoms with Gasteiger partial charge in [-0.15, -0.1) is 0 Å². The number of benzene rings is 3. The fourth-order valence-corrected chi connectivity index (χ4v) is 5.38. The second-order valence-electron chi connectivity index (χ2n) is 8.80. The second-order valence-corrected chi connectivity index (χ2v) is 9.48. The summed E-state index contributed by atoms with van der Waals surface area (Å²) in [4.78, 5) is 5.83. The van der Waals surface area contributed by atoms with Gasteiger partial charge in [0.05, 0.1) is 11.8 Å². The predicted molar refractivity (Wildman–Crippen MR) is 137 cm³/mol. The van der Waals surface area contributed by atoms with Gasteiger partial charge in [0.2, 0.25) is 0 Å². The van der Waals surface area contributed by atoms with Crippen LogP contribution in [0, 0.1) is 0 Å². The van der Waals surface area contributed by atoms with Gasteiger partial charge in [-0.25, -0.2) is 9.50 Å². The van der Waals surface area contributed by atoms with E-state index in [4.69, 9.17) is 10.1 Å². The highest BCUT2D eigenvalue weighted by molar-refractivity contribution is 7.97. The molecule has 0 atom stereocenters. The fourth-order valence-electron chi connectivity index (χ4n) is 4.92. The maximum atomic E-state index is 11.0. The number of aromatic nitrogens is 3. The lowest BCUT2D eigenvalue weighted by Crippen LogP contribution is -2.39. The SMILES string of the molecule is NSc1ccc(-c2cnn3cc(-c4ccc(C5(O)CCNCC5)cc4)cnc23)c2ccccc12. The van der Waals surface area contributed by atoms with Crippen molar-refractivity contribution in [3.05, 3.63) is 84.8 Å². The first-order valence-corrected chi connectivity index (χ1v) is 12.3. The monoisotopic (exact) mass is 467 g/mol. The Morgan fingerprint density at radius 2 is 1.65 bits per heavy atom. The molecule has 6 rings (SSSR count). The van der Waals surface area contributed by atoms with Gasteiger partial charge in [0.1, 0.15) is 0 Å². The molecule has 0 unspecified atom stereocenters. The van der Waals surface area contributed by atoms with Crippen molar-refractivity contribution in [1.29, 1.82) is 0 Å². The number of fused-ring (bicyclic) bond motifs is 2. The molecule has 5 aromatic rings. The van der Waals surface area contributed by atoms with E-state index >= 15 is 0 Å². The minimum atomic E-state index is -0.746. The standard InChI is InChI=1S/C27H25N5OS/c28-34-25-10-9-22(21-3-1-2-4-23(21)25)24-16-31-32-17-19(15-30-26(24)32)18-5-7-20(8-6-18)27(33)11-13-29-14-12-27/h1-10,15-17,29,33H,11-14,28H2. The van der Waals surface area contributed by atoms with E-state index in [1.165, 1.54) is 11.9 Å². The van der Waals surface area contributed by atoms with Gasteiger partial charge in [0, 0.05) is 28.4 Å². The van der Waals surface area contributed by atoms with E-state index in [2.05, 4.69) is 46.8 Å². The van der Waals surface area contributed by atoms with E-state index in [-0.39, 0.29) is 0 Å². The van der Waals surface area contributed by atoms with Crippen LogP contribution in [0.3, 0.4) is 0 Å². The van der Waals surface area contributed by atoms with E-state index in [1.54, 1.807) is 0 Å². The van der Waals surface area contributed by atoms with Crippen LogP contribution in [-0.2, 0) is 5.60 Å². The Bertz CT molecular complexity index is 1490. The molecular formula is C27H25N5OS. The molecule has 1 aliphatic rings. The summed E-state index contributed by atoms with van der Waals surface area (Å²) in [5.41, 5.74) is 5.13. The highest BCUT2D eigenvalue weighted by Crippen LogP contribution is 2.36. The van der Waals surface area contributed by atoms with Gasteiger partial charge in [-0.2, -0.15) is 5.10 Å². The summed E-state index contributed by atoms with van der Waals surface area (Å²) >= 11 is 1.26. The molecule has 3 heterocycles. The van der Waals surface area contributed by atoms with Crippen LogP contribution < -0.4 is 10.5 Å². The second kappa shape index (κ2) is 8.52. The van der Waals surface area contributed by atoms with E-state index in [1.807, 2.05) is 47.4 Å². The molecule has 4 N–H and O–H groups in total. The zero-order valence-electron chi connectivity index (χ0n) is 18.6. The minimum absolute atomic E-state index is 0.732. The Kier molecular flexibility index (Phi) is 5.34. The van der Waals surface area contributed by atoms with Crippen molar-refractivity contribution >= 4 is 28.4 Å². The molecule has 34 heavy (non-hydrogen) atoms. The molecule has 1 fully saturated rings. The number of nitrogens with zero attached hydrogens (tertiary/aromatic N) is 3. The minimum Gasteiger partial charge on any atom is -0.385 e. The number of rotatable bonds is 4. The summed E-state index contributed by atoms with van der Waals surface area (Å²) in [6, 6.07) is 20.6. The molecule has 0 bridgehead atoms. The third-order valence-corrected chi connectivity index (χ3v) is 7.45. The third-order valence-electron chi connectivity index (χ3n) is 6.84. The van der Waals surface area contributed by atoms with Crippen LogP contribution in [0.25, 0.3) is 38.7 Å². The van der Waals surface area contributed by atoms with Gasteiger partial charge < -0.3 is 10.4 Å². The Morgan fingerprint density at radius 3 is 2.41 bits per heavy atom. The maximum absolute atomic E-state index is 11.0. The molecule has 170 valence electrons. The molecule has 7 heteroatoms. The van der Waals surface area contributed by atoms with Crippen molar-refractivity contribution in [2.45, 2.75) is 23.3 Å². The molecule has 0 aliphatic carbocycles. The average molecular weight is 468 g/mol. The number of hydrogen-bond donors (Lipinski definition) is 3. The van der Waals surface area contributed by atoms with E-state index < -0.39 is 5.60 Å². The number of nitrogens with two attached hydrogens (primary N) is 1.